The fourth-order valence-electron chi connectivity index (χ4n) is 4.18. The molecule has 1 unspecified atom stereocenters. The lowest BCUT2D eigenvalue weighted by Gasteiger charge is -2.22. The predicted octanol–water partition coefficient (Wildman–Crippen LogP) is 2.70. The Morgan fingerprint density at radius 1 is 1.04 bits per heavy atom. The maximum absolute atomic E-state index is 12.1. The summed E-state index contributed by atoms with van der Waals surface area (Å²) < 4.78 is 5.34. The summed E-state index contributed by atoms with van der Waals surface area (Å²) in [5.41, 5.74) is 2.39. The van der Waals surface area contributed by atoms with Gasteiger partial charge in [0, 0.05) is 12.0 Å². The molecule has 1 saturated heterocycles. The lowest BCUT2D eigenvalue weighted by Crippen LogP contribution is -2.38. The molecule has 1 aliphatic heterocycles. The summed E-state index contributed by atoms with van der Waals surface area (Å²) in [6, 6.07) is 20.3. The topological polar surface area (TPSA) is 50.4 Å². The first-order chi connectivity index (χ1) is 11.8. The lowest BCUT2D eigenvalue weighted by atomic mass is 9.90. The van der Waals surface area contributed by atoms with E-state index in [2.05, 4.69) is 34.9 Å². The minimum Gasteiger partial charge on any atom is -0.445 e. The number of nitrogens with one attached hydrogen (secondary N) is 2. The van der Waals surface area contributed by atoms with E-state index in [9.17, 15) is 4.79 Å². The third-order valence-corrected chi connectivity index (χ3v) is 5.48. The number of rotatable bonds is 5. The second-order valence-electron chi connectivity index (χ2n) is 6.69. The molecular weight excluding hydrogens is 300 g/mol. The highest BCUT2D eigenvalue weighted by Crippen LogP contribution is 2.61. The smallest absolute Gasteiger partial charge is 0.407 e. The SMILES string of the molecule is O=C(NCC1(c2ccccc2)[C@@H]2CNC[C@@H]21)OCc1ccccc1. The largest absolute Gasteiger partial charge is 0.445 e. The lowest BCUT2D eigenvalue weighted by molar-refractivity contribution is 0.138. The molecule has 2 aromatic carbocycles. The minimum absolute atomic E-state index is 0.0677. The molecule has 4 nitrogen and oxygen atoms in total. The van der Waals surface area contributed by atoms with E-state index in [1.807, 2.05) is 36.4 Å². The van der Waals surface area contributed by atoms with Crippen molar-refractivity contribution in [3.05, 3.63) is 71.8 Å². The molecule has 2 aromatic rings. The predicted molar refractivity (Wildman–Crippen MR) is 92.6 cm³/mol. The van der Waals surface area contributed by atoms with E-state index in [4.69, 9.17) is 4.74 Å². The van der Waals surface area contributed by atoms with Gasteiger partial charge in [-0.15, -0.1) is 0 Å². The van der Waals surface area contributed by atoms with Crippen LogP contribution in [0.5, 0.6) is 0 Å². The normalized spacial score (nSPS) is 27.3. The maximum Gasteiger partial charge on any atom is 0.407 e. The highest BCUT2D eigenvalue weighted by Gasteiger charge is 2.66. The molecule has 2 aliphatic rings. The van der Waals surface area contributed by atoms with Gasteiger partial charge in [-0.3, -0.25) is 0 Å². The summed E-state index contributed by atoms with van der Waals surface area (Å²) >= 11 is 0. The molecule has 1 heterocycles. The number of fused-ring (bicyclic) bond motifs is 1. The Hall–Kier alpha value is -2.33. The van der Waals surface area contributed by atoms with Gasteiger partial charge in [-0.2, -0.15) is 0 Å². The van der Waals surface area contributed by atoms with Gasteiger partial charge in [0.05, 0.1) is 0 Å². The van der Waals surface area contributed by atoms with Crippen molar-refractivity contribution >= 4 is 6.09 Å². The zero-order chi connectivity index (χ0) is 16.4. The van der Waals surface area contributed by atoms with Crippen molar-refractivity contribution in [2.45, 2.75) is 12.0 Å². The van der Waals surface area contributed by atoms with Crippen LogP contribution >= 0.6 is 0 Å². The molecular formula is C20H22N2O2. The molecule has 2 fully saturated rings. The minimum atomic E-state index is -0.341. The molecule has 2 N–H and O–H groups in total. The van der Waals surface area contributed by atoms with E-state index >= 15 is 0 Å². The first-order valence-electron chi connectivity index (χ1n) is 8.51. The molecule has 4 rings (SSSR count). The van der Waals surface area contributed by atoms with Crippen LogP contribution in [0.25, 0.3) is 0 Å². The Labute approximate surface area is 142 Å². The van der Waals surface area contributed by atoms with Crippen LogP contribution in [-0.4, -0.2) is 25.7 Å². The van der Waals surface area contributed by atoms with Crippen molar-refractivity contribution in [3.8, 4) is 0 Å². The third kappa shape index (κ3) is 2.67. The van der Waals surface area contributed by atoms with Crippen molar-refractivity contribution in [2.24, 2.45) is 11.8 Å². The number of alkyl carbamates (subject to hydrolysis) is 1. The van der Waals surface area contributed by atoms with Crippen molar-refractivity contribution in [1.82, 2.24) is 10.6 Å². The van der Waals surface area contributed by atoms with Gasteiger partial charge >= 0.3 is 6.09 Å². The Kier molecular flexibility index (Phi) is 3.98. The quantitative estimate of drug-likeness (QED) is 0.890. The van der Waals surface area contributed by atoms with Gasteiger partial charge in [0.15, 0.2) is 0 Å². The van der Waals surface area contributed by atoms with Crippen LogP contribution in [0.2, 0.25) is 0 Å². The van der Waals surface area contributed by atoms with Crippen molar-refractivity contribution in [2.75, 3.05) is 19.6 Å². The molecule has 1 saturated carbocycles. The Morgan fingerprint density at radius 3 is 2.33 bits per heavy atom. The molecule has 0 aromatic heterocycles. The van der Waals surface area contributed by atoms with Gasteiger partial charge in [0.1, 0.15) is 6.61 Å². The van der Waals surface area contributed by atoms with Crippen LogP contribution in [0, 0.1) is 11.8 Å². The maximum atomic E-state index is 12.1. The Bertz CT molecular complexity index is 692. The molecule has 4 heteroatoms. The van der Waals surface area contributed by atoms with E-state index < -0.39 is 0 Å². The number of hydrogen-bond donors (Lipinski definition) is 2. The van der Waals surface area contributed by atoms with Gasteiger partial charge < -0.3 is 15.4 Å². The summed E-state index contributed by atoms with van der Waals surface area (Å²) in [5.74, 6) is 1.21. The monoisotopic (exact) mass is 322 g/mol. The van der Waals surface area contributed by atoms with Gasteiger partial charge in [-0.05, 0) is 36.1 Å². The van der Waals surface area contributed by atoms with Gasteiger partial charge in [0.25, 0.3) is 0 Å². The number of amides is 1. The van der Waals surface area contributed by atoms with E-state index in [1.165, 1.54) is 5.56 Å². The Morgan fingerprint density at radius 2 is 1.67 bits per heavy atom. The first kappa shape index (κ1) is 15.2. The number of piperidine rings is 1. The summed E-state index contributed by atoms with van der Waals surface area (Å²) in [4.78, 5) is 12.1. The van der Waals surface area contributed by atoms with Crippen molar-refractivity contribution in [3.63, 3.8) is 0 Å². The van der Waals surface area contributed by atoms with Gasteiger partial charge in [0.2, 0.25) is 0 Å². The number of carbonyl (C=O) groups is 1. The van der Waals surface area contributed by atoms with Crippen LogP contribution in [0.1, 0.15) is 11.1 Å². The molecule has 124 valence electrons. The summed E-state index contributed by atoms with van der Waals surface area (Å²) in [7, 11) is 0. The zero-order valence-electron chi connectivity index (χ0n) is 13.6. The second kappa shape index (κ2) is 6.29. The molecule has 1 amide bonds. The fourth-order valence-corrected chi connectivity index (χ4v) is 4.18. The average molecular weight is 322 g/mol. The van der Waals surface area contributed by atoms with Crippen molar-refractivity contribution < 1.29 is 9.53 Å². The second-order valence-corrected chi connectivity index (χ2v) is 6.69. The molecule has 0 spiro atoms. The highest BCUT2D eigenvalue weighted by molar-refractivity contribution is 5.67. The van der Waals surface area contributed by atoms with E-state index in [-0.39, 0.29) is 11.5 Å². The number of hydrogen-bond acceptors (Lipinski definition) is 3. The van der Waals surface area contributed by atoms with Crippen molar-refractivity contribution in [1.29, 1.82) is 0 Å². The Balaban J connectivity index is 1.37. The van der Waals surface area contributed by atoms with E-state index in [1.54, 1.807) is 0 Å². The van der Waals surface area contributed by atoms with E-state index in [0.29, 0.717) is 25.0 Å². The summed E-state index contributed by atoms with van der Waals surface area (Å²) in [5, 5.41) is 6.43. The van der Waals surface area contributed by atoms with Crippen LogP contribution in [-0.2, 0) is 16.8 Å². The molecule has 3 atom stereocenters. The fraction of sp³-hybridized carbons (Fsp3) is 0.350. The van der Waals surface area contributed by atoms with E-state index in [0.717, 1.165) is 18.7 Å². The third-order valence-electron chi connectivity index (χ3n) is 5.48. The summed E-state index contributed by atoms with van der Waals surface area (Å²) in [6.07, 6.45) is -0.341. The molecule has 0 radical (unpaired) electrons. The number of ether oxygens (including phenoxy) is 1. The van der Waals surface area contributed by atoms with Gasteiger partial charge in [-0.25, -0.2) is 4.79 Å². The number of carbonyl (C=O) groups excluding carboxylic acids is 1. The van der Waals surface area contributed by atoms with Crippen LogP contribution < -0.4 is 10.6 Å². The highest BCUT2D eigenvalue weighted by atomic mass is 16.5. The zero-order valence-corrected chi connectivity index (χ0v) is 13.6. The standard InChI is InChI=1S/C20H22N2O2/c23-19(24-13-15-7-3-1-4-8-15)22-14-20(16-9-5-2-6-10-16)17-11-21-12-18(17)20/h1-10,17-18,21H,11-14H2,(H,22,23)/t17-,18+,20?. The first-order valence-corrected chi connectivity index (χ1v) is 8.51. The summed E-state index contributed by atoms with van der Waals surface area (Å²) in [6.45, 7) is 3.00. The van der Waals surface area contributed by atoms with Crippen LogP contribution in [0.4, 0.5) is 4.79 Å². The van der Waals surface area contributed by atoms with Crippen LogP contribution in [0.15, 0.2) is 60.7 Å². The van der Waals surface area contributed by atoms with Gasteiger partial charge in [-0.1, -0.05) is 60.7 Å². The molecule has 0 bridgehead atoms. The average Bonchev–Trinajstić information content (AvgIpc) is 2.99. The molecule has 24 heavy (non-hydrogen) atoms. The molecule has 1 aliphatic carbocycles. The van der Waals surface area contributed by atoms with Crippen LogP contribution in [0.3, 0.4) is 0 Å². The number of benzene rings is 2.